The third-order valence-electron chi connectivity index (χ3n) is 5.12. The summed E-state index contributed by atoms with van der Waals surface area (Å²) in [5.74, 6) is -0.611. The molecule has 0 spiro atoms. The van der Waals surface area contributed by atoms with Gasteiger partial charge in [-0.25, -0.2) is 4.39 Å². The van der Waals surface area contributed by atoms with Crippen molar-refractivity contribution in [1.29, 1.82) is 0 Å². The lowest BCUT2D eigenvalue weighted by molar-refractivity contribution is 0.0996. The molecule has 7 nitrogen and oxygen atoms in total. The lowest BCUT2D eigenvalue weighted by Crippen LogP contribution is -2.14. The summed E-state index contributed by atoms with van der Waals surface area (Å²) in [5, 5.41) is 7.85. The molecule has 31 heavy (non-hydrogen) atoms. The molecule has 0 unspecified atom stereocenters. The van der Waals surface area contributed by atoms with Gasteiger partial charge in [0.05, 0.1) is 32.8 Å². The van der Waals surface area contributed by atoms with Crippen LogP contribution in [0.25, 0.3) is 22.2 Å². The molecule has 0 saturated heterocycles. The molecule has 0 radical (unpaired) electrons. The third-order valence-corrected chi connectivity index (χ3v) is 5.94. The molecule has 2 heterocycles. The van der Waals surface area contributed by atoms with Crippen molar-refractivity contribution in [2.75, 3.05) is 12.8 Å². The Bertz CT molecular complexity index is 1340. The Kier molecular flexibility index (Phi) is 5.52. The van der Waals surface area contributed by atoms with Gasteiger partial charge in [0.25, 0.3) is 5.91 Å². The van der Waals surface area contributed by atoms with Gasteiger partial charge in [-0.1, -0.05) is 18.2 Å². The molecule has 0 atom stereocenters. The van der Waals surface area contributed by atoms with Crippen molar-refractivity contribution in [3.63, 3.8) is 0 Å². The van der Waals surface area contributed by atoms with Crippen molar-refractivity contribution >= 4 is 45.2 Å². The molecule has 0 aliphatic heterocycles. The lowest BCUT2D eigenvalue weighted by Gasteiger charge is -2.14. The number of rotatable bonds is 5. The zero-order valence-corrected chi connectivity index (χ0v) is 19.0. The van der Waals surface area contributed by atoms with E-state index in [0.717, 1.165) is 42.9 Å². The van der Waals surface area contributed by atoms with Crippen LogP contribution in [0, 0.1) is 16.3 Å². The molecule has 5 N–H and O–H groups in total. The van der Waals surface area contributed by atoms with Crippen LogP contribution in [0.3, 0.4) is 0 Å². The van der Waals surface area contributed by atoms with Gasteiger partial charge in [-0.15, -0.1) is 0 Å². The summed E-state index contributed by atoms with van der Waals surface area (Å²) < 4.78 is 20.3. The fourth-order valence-corrected chi connectivity index (χ4v) is 4.28. The molecule has 1 amide bonds. The van der Waals surface area contributed by atoms with E-state index < -0.39 is 11.7 Å². The molecule has 4 rings (SSSR count). The number of carbonyl (C=O) groups is 1. The minimum absolute atomic E-state index is 0.0201. The van der Waals surface area contributed by atoms with Crippen LogP contribution in [0.1, 0.15) is 27.0 Å². The number of ether oxygens (including phenoxy) is 1. The lowest BCUT2D eigenvalue weighted by atomic mass is 9.95. The highest BCUT2D eigenvalue weighted by Crippen LogP contribution is 2.34. The quantitative estimate of drug-likeness (QED) is 0.337. The first-order valence-corrected chi connectivity index (χ1v) is 10.4. The molecule has 0 saturated carbocycles. The Morgan fingerprint density at radius 3 is 2.74 bits per heavy atom. The molecule has 0 aliphatic rings. The number of carbonyl (C=O) groups excluding carboxylic acids is 1. The van der Waals surface area contributed by atoms with E-state index in [1.807, 2.05) is 25.1 Å². The highest BCUT2D eigenvalue weighted by atomic mass is 127. The summed E-state index contributed by atoms with van der Waals surface area (Å²) in [6.07, 6.45) is 2.14. The number of hydrogen-bond donors (Lipinski definition) is 3. The summed E-state index contributed by atoms with van der Waals surface area (Å²) in [6, 6.07) is 8.31. The number of amides is 1. The average molecular weight is 531 g/mol. The molecular weight excluding hydrogens is 512 g/mol. The molecule has 9 heteroatoms. The third kappa shape index (κ3) is 3.80. The minimum atomic E-state index is -0.740. The number of halogens is 2. The predicted octanol–water partition coefficient (Wildman–Crippen LogP) is 3.96. The van der Waals surface area contributed by atoms with Crippen LogP contribution < -0.4 is 16.2 Å². The number of nitrogens with zero attached hydrogens (tertiary/aromatic N) is 2. The van der Waals surface area contributed by atoms with Crippen molar-refractivity contribution in [2.45, 2.75) is 13.3 Å². The van der Waals surface area contributed by atoms with Crippen molar-refractivity contribution in [2.24, 2.45) is 5.73 Å². The Morgan fingerprint density at radius 1 is 1.29 bits per heavy atom. The summed E-state index contributed by atoms with van der Waals surface area (Å²) in [4.78, 5) is 16.3. The maximum Gasteiger partial charge on any atom is 0.252 e. The number of hydrogen-bond acceptors (Lipinski definition) is 5. The molecule has 158 valence electrons. The van der Waals surface area contributed by atoms with E-state index in [1.165, 1.54) is 13.2 Å². The van der Waals surface area contributed by atoms with E-state index in [0.29, 0.717) is 17.8 Å². The van der Waals surface area contributed by atoms with Gasteiger partial charge in [-0.2, -0.15) is 5.10 Å². The Balaban J connectivity index is 1.76. The number of pyridine rings is 1. The van der Waals surface area contributed by atoms with E-state index in [2.05, 4.69) is 37.8 Å². The average Bonchev–Trinajstić information content (AvgIpc) is 3.11. The Hall–Kier alpha value is -3.21. The zero-order chi connectivity index (χ0) is 22.3. The van der Waals surface area contributed by atoms with Gasteiger partial charge in [-0.3, -0.25) is 14.9 Å². The molecular formula is C22H19FIN5O2. The minimum Gasteiger partial charge on any atom is -0.496 e. The predicted molar refractivity (Wildman–Crippen MR) is 125 cm³/mol. The summed E-state index contributed by atoms with van der Waals surface area (Å²) in [7, 11) is 1.43. The number of aryl methyl sites for hydroxylation is 1. The van der Waals surface area contributed by atoms with Crippen molar-refractivity contribution in [3.05, 3.63) is 68.2 Å². The first kappa shape index (κ1) is 21.0. The van der Waals surface area contributed by atoms with E-state index >= 15 is 0 Å². The SMILES string of the molecule is COc1c(Cc2ccc(-c3ncc(I)c4[nH]nc(N)c34)c(C)c2)cc(F)cc1C(N)=O. The summed E-state index contributed by atoms with van der Waals surface area (Å²) in [5.41, 5.74) is 16.4. The van der Waals surface area contributed by atoms with Crippen LogP contribution in [0.4, 0.5) is 10.2 Å². The van der Waals surface area contributed by atoms with Gasteiger partial charge in [0, 0.05) is 23.7 Å². The van der Waals surface area contributed by atoms with E-state index in [1.54, 1.807) is 6.20 Å². The molecule has 2 aromatic heterocycles. The number of nitrogens with one attached hydrogen (secondary N) is 1. The number of primary amides is 1. The fraction of sp³-hybridized carbons (Fsp3) is 0.136. The normalized spacial score (nSPS) is 11.1. The van der Waals surface area contributed by atoms with E-state index in [-0.39, 0.29) is 11.3 Å². The van der Waals surface area contributed by atoms with E-state index in [9.17, 15) is 9.18 Å². The van der Waals surface area contributed by atoms with Crippen LogP contribution in [0.5, 0.6) is 5.75 Å². The molecule has 0 fully saturated rings. The number of H-pyrrole nitrogens is 1. The number of aromatic nitrogens is 3. The smallest absolute Gasteiger partial charge is 0.252 e. The van der Waals surface area contributed by atoms with Crippen molar-refractivity contribution < 1.29 is 13.9 Å². The number of methoxy groups -OCH3 is 1. The highest BCUT2D eigenvalue weighted by molar-refractivity contribution is 14.1. The molecule has 0 aliphatic carbocycles. The van der Waals surface area contributed by atoms with Crippen LogP contribution in [-0.4, -0.2) is 28.2 Å². The van der Waals surface area contributed by atoms with Crippen LogP contribution in [0.15, 0.2) is 36.5 Å². The topological polar surface area (TPSA) is 120 Å². The first-order chi connectivity index (χ1) is 14.8. The maximum absolute atomic E-state index is 14.1. The summed E-state index contributed by atoms with van der Waals surface area (Å²) >= 11 is 2.19. The van der Waals surface area contributed by atoms with Gasteiger partial charge in [0.2, 0.25) is 0 Å². The van der Waals surface area contributed by atoms with Crippen molar-refractivity contribution in [1.82, 2.24) is 15.2 Å². The van der Waals surface area contributed by atoms with E-state index in [4.69, 9.17) is 16.2 Å². The summed E-state index contributed by atoms with van der Waals surface area (Å²) in [6.45, 7) is 1.97. The van der Waals surface area contributed by atoms with Gasteiger partial charge in [0.15, 0.2) is 5.82 Å². The number of anilines is 1. The highest BCUT2D eigenvalue weighted by Gasteiger charge is 2.18. The molecule has 4 aromatic rings. The van der Waals surface area contributed by atoms with Gasteiger partial charge < -0.3 is 16.2 Å². The van der Waals surface area contributed by atoms with Gasteiger partial charge >= 0.3 is 0 Å². The maximum atomic E-state index is 14.1. The number of benzene rings is 2. The Labute approximate surface area is 191 Å². The van der Waals surface area contributed by atoms with Gasteiger partial charge in [0.1, 0.15) is 11.6 Å². The largest absolute Gasteiger partial charge is 0.496 e. The zero-order valence-electron chi connectivity index (χ0n) is 16.8. The second-order valence-corrected chi connectivity index (χ2v) is 8.31. The van der Waals surface area contributed by atoms with Gasteiger partial charge in [-0.05, 0) is 52.8 Å². The number of aromatic amines is 1. The first-order valence-electron chi connectivity index (χ1n) is 9.34. The molecule has 0 bridgehead atoms. The van der Waals surface area contributed by atoms with Crippen molar-refractivity contribution in [3.8, 4) is 17.0 Å². The van der Waals surface area contributed by atoms with Crippen LogP contribution in [0.2, 0.25) is 0 Å². The fourth-order valence-electron chi connectivity index (χ4n) is 3.75. The second-order valence-electron chi connectivity index (χ2n) is 7.15. The monoisotopic (exact) mass is 531 g/mol. The number of nitrogens with two attached hydrogens (primary N) is 2. The number of nitrogen functional groups attached to an aromatic ring is 1. The van der Waals surface area contributed by atoms with Crippen LogP contribution in [-0.2, 0) is 6.42 Å². The van der Waals surface area contributed by atoms with Crippen LogP contribution >= 0.6 is 22.6 Å². The molecule has 2 aromatic carbocycles. The Morgan fingerprint density at radius 2 is 2.06 bits per heavy atom. The number of fused-ring (bicyclic) bond motifs is 1. The second kappa shape index (κ2) is 8.14. The standard InChI is InChI=1S/C22H19FIN5O2/c1-10-5-11(6-12-7-13(23)8-15(22(26)30)20(12)31-2)3-4-14(10)18-17-19(16(24)9-27-18)28-29-21(17)25/h3-5,7-9H,6H2,1-2H3,(H2,26,30)(H3,25,28,29).